The summed E-state index contributed by atoms with van der Waals surface area (Å²) in [6, 6.07) is 30.2. The molecule has 6 atom stereocenters. The van der Waals surface area contributed by atoms with Gasteiger partial charge in [0, 0.05) is 24.0 Å². The second-order valence-electron chi connectivity index (χ2n) is 13.6. The first-order chi connectivity index (χ1) is 20.4. The molecule has 2 heterocycles. The second-order valence-corrected chi connectivity index (χ2v) is 13.6. The van der Waals surface area contributed by atoms with Gasteiger partial charge in [-0.25, -0.2) is 4.98 Å². The van der Waals surface area contributed by atoms with Crippen molar-refractivity contribution in [2.75, 3.05) is 0 Å². The van der Waals surface area contributed by atoms with Crippen molar-refractivity contribution in [1.29, 1.82) is 0 Å². The molecule has 6 unspecified atom stereocenters. The number of fused-ring (bicyclic) bond motifs is 6. The lowest BCUT2D eigenvalue weighted by atomic mass is 9.68. The van der Waals surface area contributed by atoms with Gasteiger partial charge < -0.3 is 0 Å². The van der Waals surface area contributed by atoms with E-state index < -0.39 is 0 Å². The molecule has 2 saturated carbocycles. The second kappa shape index (κ2) is 11.4. The van der Waals surface area contributed by atoms with Crippen molar-refractivity contribution in [1.82, 2.24) is 4.98 Å². The fraction of sp³-hybridized carbons (Fsp3) is 0.450. The van der Waals surface area contributed by atoms with Crippen LogP contribution in [0, 0.1) is 23.7 Å². The Morgan fingerprint density at radius 2 is 1.31 bits per heavy atom. The molecule has 2 aliphatic carbocycles. The van der Waals surface area contributed by atoms with Crippen LogP contribution in [0.3, 0.4) is 0 Å². The van der Waals surface area contributed by atoms with E-state index in [9.17, 15) is 0 Å². The topological polar surface area (TPSA) is 16.8 Å². The van der Waals surface area contributed by atoms with Crippen LogP contribution in [-0.4, -0.2) is 4.98 Å². The van der Waals surface area contributed by atoms with E-state index in [1.807, 2.05) is 0 Å². The van der Waals surface area contributed by atoms with Crippen LogP contribution in [0.2, 0.25) is 0 Å². The van der Waals surface area contributed by atoms with E-state index in [2.05, 4.69) is 137 Å². The quantitative estimate of drug-likeness (QED) is 0.223. The number of nitrogens with zero attached hydrogens (tertiary/aromatic N) is 2. The summed E-state index contributed by atoms with van der Waals surface area (Å²) in [5, 5.41) is 0. The molecule has 1 aliphatic heterocycles. The molecule has 2 heteroatoms. The van der Waals surface area contributed by atoms with Crippen LogP contribution in [0.4, 0.5) is 0 Å². The lowest BCUT2D eigenvalue weighted by molar-refractivity contribution is -0.735. The van der Waals surface area contributed by atoms with Gasteiger partial charge >= 0.3 is 0 Å². The molecular formula is C40H49N2+. The fourth-order valence-electron chi connectivity index (χ4n) is 8.70. The zero-order valence-corrected chi connectivity index (χ0v) is 26.6. The van der Waals surface area contributed by atoms with E-state index in [1.165, 1.54) is 54.5 Å². The van der Waals surface area contributed by atoms with Gasteiger partial charge in [-0.3, -0.25) is 0 Å². The zero-order valence-electron chi connectivity index (χ0n) is 26.6. The van der Waals surface area contributed by atoms with Crippen LogP contribution in [0.1, 0.15) is 85.6 Å². The summed E-state index contributed by atoms with van der Waals surface area (Å²) in [7, 11) is 0. The minimum Gasteiger partial charge on any atom is -0.234 e. The van der Waals surface area contributed by atoms with Gasteiger partial charge in [0.25, 0.3) is 0 Å². The van der Waals surface area contributed by atoms with Crippen molar-refractivity contribution in [2.24, 2.45) is 23.7 Å². The number of benzene rings is 3. The number of aromatic nitrogens is 2. The highest BCUT2D eigenvalue weighted by molar-refractivity contribution is 5.81. The predicted molar refractivity (Wildman–Crippen MR) is 176 cm³/mol. The third kappa shape index (κ3) is 4.72. The molecular weight excluding hydrogens is 508 g/mol. The SMILES string of the molecule is CCC12CC1(C)c1ccccc1-c1c(-c3ccccc3)nc(-c3ccccc3)c[n+]12.CCC1CC(CC)C(C)CC1C. The Morgan fingerprint density at radius 1 is 0.738 bits per heavy atom. The van der Waals surface area contributed by atoms with Gasteiger partial charge in [0.1, 0.15) is 11.4 Å². The van der Waals surface area contributed by atoms with Crippen molar-refractivity contribution >= 4 is 0 Å². The molecule has 1 aromatic heterocycles. The zero-order chi connectivity index (χ0) is 29.5. The van der Waals surface area contributed by atoms with E-state index >= 15 is 0 Å². The molecule has 218 valence electrons. The molecule has 2 nitrogen and oxygen atoms in total. The Labute approximate surface area is 254 Å². The van der Waals surface area contributed by atoms with Gasteiger partial charge in [-0.1, -0.05) is 126 Å². The molecule has 0 N–H and O–H groups in total. The van der Waals surface area contributed by atoms with Gasteiger partial charge in [-0.15, -0.1) is 0 Å². The van der Waals surface area contributed by atoms with Gasteiger partial charge in [-0.2, -0.15) is 4.57 Å². The summed E-state index contributed by atoms with van der Waals surface area (Å²) in [5.41, 5.74) is 8.80. The first kappa shape index (κ1) is 28.8. The number of rotatable bonds is 5. The average molecular weight is 558 g/mol. The van der Waals surface area contributed by atoms with Crippen LogP contribution in [0.25, 0.3) is 33.8 Å². The van der Waals surface area contributed by atoms with Crippen LogP contribution in [0.5, 0.6) is 0 Å². The van der Waals surface area contributed by atoms with Gasteiger partial charge in [0.05, 0.1) is 11.0 Å². The molecule has 3 aromatic carbocycles. The monoisotopic (exact) mass is 557 g/mol. The maximum atomic E-state index is 5.25. The maximum absolute atomic E-state index is 5.25. The van der Waals surface area contributed by atoms with E-state index in [1.54, 1.807) is 0 Å². The third-order valence-electron chi connectivity index (χ3n) is 11.4. The largest absolute Gasteiger partial charge is 0.239 e. The van der Waals surface area contributed by atoms with Crippen molar-refractivity contribution in [3.63, 3.8) is 0 Å². The molecule has 0 saturated heterocycles. The van der Waals surface area contributed by atoms with Crippen LogP contribution >= 0.6 is 0 Å². The minimum atomic E-state index is 0.118. The Morgan fingerprint density at radius 3 is 1.90 bits per heavy atom. The molecule has 0 spiro atoms. The third-order valence-corrected chi connectivity index (χ3v) is 11.4. The Kier molecular flexibility index (Phi) is 7.85. The van der Waals surface area contributed by atoms with E-state index in [4.69, 9.17) is 4.98 Å². The fourth-order valence-corrected chi connectivity index (χ4v) is 8.70. The minimum absolute atomic E-state index is 0.118. The Bertz CT molecular complexity index is 1510. The Hall–Kier alpha value is -3.26. The first-order valence-electron chi connectivity index (χ1n) is 16.5. The summed E-state index contributed by atoms with van der Waals surface area (Å²) in [6.45, 7) is 14.4. The van der Waals surface area contributed by atoms with E-state index in [0.717, 1.165) is 47.0 Å². The summed E-state index contributed by atoms with van der Waals surface area (Å²) >= 11 is 0. The van der Waals surface area contributed by atoms with Crippen molar-refractivity contribution in [2.45, 2.75) is 91.0 Å². The van der Waals surface area contributed by atoms with Crippen molar-refractivity contribution < 1.29 is 4.57 Å². The highest BCUT2D eigenvalue weighted by Crippen LogP contribution is 2.66. The van der Waals surface area contributed by atoms with E-state index in [-0.39, 0.29) is 11.0 Å². The number of hydrogen-bond acceptors (Lipinski definition) is 1. The molecule has 7 rings (SSSR count). The molecule has 4 aromatic rings. The van der Waals surface area contributed by atoms with Crippen molar-refractivity contribution in [3.8, 4) is 33.8 Å². The van der Waals surface area contributed by atoms with Gasteiger partial charge in [-0.05, 0) is 55.1 Å². The van der Waals surface area contributed by atoms with E-state index in [0.29, 0.717) is 0 Å². The van der Waals surface area contributed by atoms with Gasteiger partial charge in [0.2, 0.25) is 5.69 Å². The smallest absolute Gasteiger partial charge is 0.234 e. The lowest BCUT2D eigenvalue weighted by Gasteiger charge is -2.38. The standard InChI is InChI=1S/C28H25N2.C12H24/c1-3-28-19-27(28,2)23-17-11-10-16-22(23)26-25(21-14-8-5-9-15-21)29-24(18-30(26)28)20-12-6-4-7-13-20;1-5-11-8-12(6-2)10(4)7-9(11)3/h4-18H,3,19H2,1-2H3;9-12H,5-8H2,1-4H3/q+1;. The molecule has 0 bridgehead atoms. The first-order valence-corrected chi connectivity index (χ1v) is 16.5. The van der Waals surface area contributed by atoms with Crippen molar-refractivity contribution in [3.05, 3.63) is 96.7 Å². The molecule has 0 amide bonds. The molecule has 0 radical (unpaired) electrons. The summed E-state index contributed by atoms with van der Waals surface area (Å²) in [6.07, 6.45) is 10.3. The molecule has 2 fully saturated rings. The van der Waals surface area contributed by atoms with Gasteiger partial charge in [0.15, 0.2) is 11.7 Å². The lowest BCUT2D eigenvalue weighted by Crippen LogP contribution is -2.54. The summed E-state index contributed by atoms with van der Waals surface area (Å²) in [4.78, 5) is 5.25. The Balaban J connectivity index is 0.000000223. The predicted octanol–water partition coefficient (Wildman–Crippen LogP) is 10.3. The van der Waals surface area contributed by atoms with Crippen LogP contribution in [0.15, 0.2) is 91.1 Å². The summed E-state index contributed by atoms with van der Waals surface area (Å²) < 4.78 is 2.58. The maximum Gasteiger partial charge on any atom is 0.239 e. The molecule has 42 heavy (non-hydrogen) atoms. The molecule has 3 aliphatic rings. The van der Waals surface area contributed by atoms with Crippen LogP contribution < -0.4 is 4.57 Å². The number of hydrogen-bond donors (Lipinski definition) is 0. The highest BCUT2D eigenvalue weighted by Gasteiger charge is 2.75. The normalized spacial score (nSPS) is 28.9. The van der Waals surface area contributed by atoms with Crippen LogP contribution in [-0.2, 0) is 11.0 Å². The highest BCUT2D eigenvalue weighted by atomic mass is 15.2. The summed E-state index contributed by atoms with van der Waals surface area (Å²) in [5.74, 6) is 4.00. The average Bonchev–Trinajstić information content (AvgIpc) is 3.69.